The number of carbonyl (C=O) groups is 1. The van der Waals surface area contributed by atoms with E-state index in [1.165, 1.54) is 12.1 Å². The number of carbonyl (C=O) groups excluding carboxylic acids is 1. The quantitative estimate of drug-likeness (QED) is 0.621. The molecule has 1 amide bonds. The summed E-state index contributed by atoms with van der Waals surface area (Å²) in [4.78, 5) is 22.8. The van der Waals surface area contributed by atoms with Gasteiger partial charge < -0.3 is 10.6 Å². The van der Waals surface area contributed by atoms with Gasteiger partial charge in [0.25, 0.3) is 11.6 Å². The molecule has 0 spiro atoms. The zero-order chi connectivity index (χ0) is 16.2. The summed E-state index contributed by atoms with van der Waals surface area (Å²) >= 11 is 6.01. The molecule has 0 radical (unpaired) electrons. The molecular weight excluding hydrogens is 294 g/mol. The van der Waals surface area contributed by atoms with Gasteiger partial charge >= 0.3 is 0 Å². The Hall–Kier alpha value is -1.82. The summed E-state index contributed by atoms with van der Waals surface area (Å²) in [7, 11) is 1.54. The first-order chi connectivity index (χ1) is 9.77. The third-order valence-corrected chi connectivity index (χ3v) is 4.05. The van der Waals surface area contributed by atoms with Gasteiger partial charge in [-0.25, -0.2) is 0 Å². The van der Waals surface area contributed by atoms with E-state index in [0.29, 0.717) is 0 Å². The van der Waals surface area contributed by atoms with Crippen LogP contribution in [0.4, 0.5) is 11.4 Å². The van der Waals surface area contributed by atoms with Gasteiger partial charge in [-0.2, -0.15) is 0 Å². The van der Waals surface area contributed by atoms with Crippen molar-refractivity contribution in [1.82, 2.24) is 5.32 Å². The van der Waals surface area contributed by atoms with Crippen LogP contribution in [0.1, 0.15) is 44.0 Å². The lowest BCUT2D eigenvalue weighted by atomic mass is 9.95. The third-order valence-electron chi connectivity index (χ3n) is 3.75. The number of rotatable bonds is 6. The maximum Gasteiger partial charge on any atom is 0.294 e. The highest BCUT2D eigenvalue weighted by molar-refractivity contribution is 6.34. The van der Waals surface area contributed by atoms with E-state index in [2.05, 4.69) is 10.6 Å². The zero-order valence-electron chi connectivity index (χ0n) is 12.6. The van der Waals surface area contributed by atoms with Crippen molar-refractivity contribution in [3.63, 3.8) is 0 Å². The molecule has 21 heavy (non-hydrogen) atoms. The van der Waals surface area contributed by atoms with Crippen LogP contribution in [-0.4, -0.2) is 23.4 Å². The lowest BCUT2D eigenvalue weighted by Crippen LogP contribution is -2.44. The van der Waals surface area contributed by atoms with E-state index in [1.54, 1.807) is 7.05 Å². The second-order valence-corrected chi connectivity index (χ2v) is 5.49. The van der Waals surface area contributed by atoms with E-state index in [4.69, 9.17) is 11.6 Å². The Bertz CT molecular complexity index is 557. The van der Waals surface area contributed by atoms with Crippen LogP contribution < -0.4 is 10.6 Å². The van der Waals surface area contributed by atoms with Crippen LogP contribution in [0.2, 0.25) is 5.02 Å². The van der Waals surface area contributed by atoms with Gasteiger partial charge in [-0.15, -0.1) is 0 Å². The van der Waals surface area contributed by atoms with Gasteiger partial charge in [0, 0.05) is 24.2 Å². The van der Waals surface area contributed by atoms with Crippen molar-refractivity contribution in [3.8, 4) is 0 Å². The standard InChI is InChI=1S/C14H20ClN3O3/c1-5-14(3,6-2)17-13(19)9-7-10(15)12(16-4)11(8-9)18(20)21/h7-8,16H,5-6H2,1-4H3,(H,17,19). The summed E-state index contributed by atoms with van der Waals surface area (Å²) in [5.74, 6) is -0.367. The molecule has 0 unspecified atom stereocenters. The predicted octanol–water partition coefficient (Wildman–Crippen LogP) is 3.60. The first kappa shape index (κ1) is 17.2. The maximum absolute atomic E-state index is 12.3. The van der Waals surface area contributed by atoms with Crippen LogP contribution in [0.5, 0.6) is 0 Å². The van der Waals surface area contributed by atoms with Crippen LogP contribution in [0.15, 0.2) is 12.1 Å². The Morgan fingerprint density at radius 2 is 1.95 bits per heavy atom. The molecule has 0 saturated carbocycles. The monoisotopic (exact) mass is 313 g/mol. The molecule has 0 saturated heterocycles. The van der Waals surface area contributed by atoms with Gasteiger partial charge in [0.1, 0.15) is 5.69 Å². The normalized spacial score (nSPS) is 11.1. The number of hydrogen-bond donors (Lipinski definition) is 2. The molecule has 1 aromatic carbocycles. The van der Waals surface area contributed by atoms with Gasteiger partial charge in [0.2, 0.25) is 0 Å². The second kappa shape index (κ2) is 6.76. The third kappa shape index (κ3) is 3.85. The Balaban J connectivity index is 3.20. The maximum atomic E-state index is 12.3. The highest BCUT2D eigenvalue weighted by atomic mass is 35.5. The van der Waals surface area contributed by atoms with Crippen molar-refractivity contribution in [2.75, 3.05) is 12.4 Å². The lowest BCUT2D eigenvalue weighted by molar-refractivity contribution is -0.383. The largest absolute Gasteiger partial charge is 0.381 e. The molecule has 0 aromatic heterocycles. The number of anilines is 1. The Labute approximate surface area is 129 Å². The number of hydrogen-bond acceptors (Lipinski definition) is 4. The van der Waals surface area contributed by atoms with Crippen molar-refractivity contribution in [1.29, 1.82) is 0 Å². The predicted molar refractivity (Wildman–Crippen MR) is 84.1 cm³/mol. The Kier molecular flexibility index (Phi) is 5.54. The van der Waals surface area contributed by atoms with Gasteiger partial charge in [0.05, 0.1) is 9.95 Å². The number of nitrogens with one attached hydrogen (secondary N) is 2. The molecule has 0 aliphatic rings. The molecule has 7 heteroatoms. The van der Waals surface area contributed by atoms with E-state index in [-0.39, 0.29) is 33.4 Å². The van der Waals surface area contributed by atoms with Crippen molar-refractivity contribution < 1.29 is 9.72 Å². The average Bonchev–Trinajstić information content (AvgIpc) is 2.45. The Morgan fingerprint density at radius 3 is 2.38 bits per heavy atom. The molecule has 0 atom stereocenters. The fraction of sp³-hybridized carbons (Fsp3) is 0.500. The average molecular weight is 314 g/mol. The van der Waals surface area contributed by atoms with Crippen molar-refractivity contribution >= 4 is 28.9 Å². The minimum absolute atomic E-state index is 0.145. The van der Waals surface area contributed by atoms with E-state index in [1.807, 2.05) is 20.8 Å². The summed E-state index contributed by atoms with van der Waals surface area (Å²) in [6.45, 7) is 5.88. The summed E-state index contributed by atoms with van der Waals surface area (Å²) < 4.78 is 0. The summed E-state index contributed by atoms with van der Waals surface area (Å²) in [6, 6.07) is 2.67. The van der Waals surface area contributed by atoms with Crippen LogP contribution in [0.25, 0.3) is 0 Å². The summed E-state index contributed by atoms with van der Waals surface area (Å²) in [5, 5.41) is 16.8. The smallest absolute Gasteiger partial charge is 0.294 e. The van der Waals surface area contributed by atoms with Crippen molar-refractivity contribution in [2.45, 2.75) is 39.2 Å². The first-order valence-corrected chi connectivity index (χ1v) is 7.14. The highest BCUT2D eigenvalue weighted by Crippen LogP contribution is 2.33. The first-order valence-electron chi connectivity index (χ1n) is 6.76. The minimum Gasteiger partial charge on any atom is -0.381 e. The van der Waals surface area contributed by atoms with E-state index >= 15 is 0 Å². The number of benzene rings is 1. The van der Waals surface area contributed by atoms with Crippen LogP contribution in [-0.2, 0) is 0 Å². The molecule has 1 rings (SSSR count). The van der Waals surface area contributed by atoms with E-state index < -0.39 is 4.92 Å². The molecule has 0 aliphatic carbocycles. The number of nitrogens with zero attached hydrogens (tertiary/aromatic N) is 1. The highest BCUT2D eigenvalue weighted by Gasteiger charge is 2.25. The second-order valence-electron chi connectivity index (χ2n) is 5.08. The van der Waals surface area contributed by atoms with Crippen molar-refractivity contribution in [2.24, 2.45) is 0 Å². The van der Waals surface area contributed by atoms with Crippen LogP contribution in [0, 0.1) is 10.1 Å². The number of nitro benzene ring substituents is 1. The van der Waals surface area contributed by atoms with E-state index in [9.17, 15) is 14.9 Å². The minimum atomic E-state index is -0.562. The molecule has 6 nitrogen and oxygen atoms in total. The van der Waals surface area contributed by atoms with Crippen LogP contribution in [0.3, 0.4) is 0 Å². The molecule has 116 valence electrons. The molecule has 0 aliphatic heterocycles. The Morgan fingerprint density at radius 1 is 1.38 bits per heavy atom. The summed E-state index contributed by atoms with van der Waals surface area (Å²) in [5.41, 5.74) is -0.185. The molecule has 0 bridgehead atoms. The fourth-order valence-electron chi connectivity index (χ4n) is 1.89. The molecule has 2 N–H and O–H groups in total. The summed E-state index contributed by atoms with van der Waals surface area (Å²) in [6.07, 6.45) is 1.53. The number of amides is 1. The molecule has 0 heterocycles. The van der Waals surface area contributed by atoms with Gasteiger partial charge in [0.15, 0.2) is 0 Å². The lowest BCUT2D eigenvalue weighted by Gasteiger charge is -2.28. The van der Waals surface area contributed by atoms with Gasteiger partial charge in [-0.05, 0) is 25.8 Å². The molecule has 1 aromatic rings. The topological polar surface area (TPSA) is 84.3 Å². The van der Waals surface area contributed by atoms with E-state index in [0.717, 1.165) is 12.8 Å². The van der Waals surface area contributed by atoms with Gasteiger partial charge in [-0.1, -0.05) is 25.4 Å². The van der Waals surface area contributed by atoms with Crippen molar-refractivity contribution in [3.05, 3.63) is 32.8 Å². The zero-order valence-corrected chi connectivity index (χ0v) is 13.4. The van der Waals surface area contributed by atoms with Crippen LogP contribution >= 0.6 is 11.6 Å². The molecular formula is C14H20ClN3O3. The number of nitro groups is 1. The SMILES string of the molecule is CCC(C)(CC)NC(=O)c1cc(Cl)c(NC)c([N+](=O)[O-])c1. The number of halogens is 1. The fourth-order valence-corrected chi connectivity index (χ4v) is 2.20. The molecule has 0 fully saturated rings. The van der Waals surface area contributed by atoms with Gasteiger partial charge in [-0.3, -0.25) is 14.9 Å².